The second-order valence-electron chi connectivity index (χ2n) is 4.29. The van der Waals surface area contributed by atoms with Gasteiger partial charge < -0.3 is 15.7 Å². The molecular weight excluding hydrogens is 256 g/mol. The minimum absolute atomic E-state index is 0.0507. The third-order valence-electron chi connectivity index (χ3n) is 2.84. The number of benzene rings is 1. The summed E-state index contributed by atoms with van der Waals surface area (Å²) in [5.74, 6) is 1.08. The molecule has 5 heteroatoms. The van der Waals surface area contributed by atoms with Gasteiger partial charge in [0.25, 0.3) is 0 Å². The van der Waals surface area contributed by atoms with Gasteiger partial charge in [0.15, 0.2) is 0 Å². The van der Waals surface area contributed by atoms with E-state index in [-0.39, 0.29) is 12.5 Å². The van der Waals surface area contributed by atoms with E-state index in [1.54, 1.807) is 0 Å². The molecule has 2 amide bonds. The van der Waals surface area contributed by atoms with Crippen LogP contribution in [0, 0.1) is 12.3 Å². The maximum Gasteiger partial charge on any atom is 0.327 e. The quantitative estimate of drug-likeness (QED) is 0.693. The van der Waals surface area contributed by atoms with Crippen LogP contribution in [-0.4, -0.2) is 23.1 Å². The fourth-order valence-electron chi connectivity index (χ4n) is 1.78. The Morgan fingerprint density at radius 2 is 1.95 bits per heavy atom. The van der Waals surface area contributed by atoms with Crippen molar-refractivity contribution in [2.24, 2.45) is 0 Å². The number of carboxylic acids is 1. The average Bonchev–Trinajstić information content (AvgIpc) is 2.45. The summed E-state index contributed by atoms with van der Waals surface area (Å²) in [7, 11) is 0. The zero-order valence-corrected chi connectivity index (χ0v) is 11.3. The maximum absolute atomic E-state index is 11.8. The van der Waals surface area contributed by atoms with Crippen LogP contribution in [0.25, 0.3) is 0 Å². The number of hydrogen-bond acceptors (Lipinski definition) is 2. The molecule has 0 aliphatic rings. The van der Waals surface area contributed by atoms with Gasteiger partial charge in [-0.15, -0.1) is 12.3 Å². The molecule has 1 aromatic rings. The third-order valence-corrected chi connectivity index (χ3v) is 2.84. The van der Waals surface area contributed by atoms with Crippen LogP contribution in [0.5, 0.6) is 0 Å². The van der Waals surface area contributed by atoms with Gasteiger partial charge in [-0.2, -0.15) is 0 Å². The van der Waals surface area contributed by atoms with Gasteiger partial charge in [0, 0.05) is 6.42 Å². The van der Waals surface area contributed by atoms with Gasteiger partial charge in [-0.1, -0.05) is 37.3 Å². The van der Waals surface area contributed by atoms with Crippen molar-refractivity contribution in [1.29, 1.82) is 0 Å². The molecule has 5 nitrogen and oxygen atoms in total. The van der Waals surface area contributed by atoms with Crippen molar-refractivity contribution in [3.8, 4) is 12.3 Å². The fourth-order valence-corrected chi connectivity index (χ4v) is 1.78. The highest BCUT2D eigenvalue weighted by molar-refractivity contribution is 5.82. The topological polar surface area (TPSA) is 78.4 Å². The Morgan fingerprint density at radius 1 is 1.30 bits per heavy atom. The molecule has 0 heterocycles. The van der Waals surface area contributed by atoms with Gasteiger partial charge in [-0.25, -0.2) is 9.59 Å². The Morgan fingerprint density at radius 3 is 2.45 bits per heavy atom. The van der Waals surface area contributed by atoms with E-state index < -0.39 is 18.0 Å². The van der Waals surface area contributed by atoms with Gasteiger partial charge >= 0.3 is 12.0 Å². The van der Waals surface area contributed by atoms with Gasteiger partial charge in [-0.3, -0.25) is 0 Å². The molecular formula is C15H18N2O3. The molecule has 1 rings (SSSR count). The average molecular weight is 274 g/mol. The summed E-state index contributed by atoms with van der Waals surface area (Å²) >= 11 is 0. The van der Waals surface area contributed by atoms with Crippen molar-refractivity contribution in [2.75, 3.05) is 0 Å². The lowest BCUT2D eigenvalue weighted by atomic mass is 10.1. The summed E-state index contributed by atoms with van der Waals surface area (Å²) in [5.41, 5.74) is 0.967. The lowest BCUT2D eigenvalue weighted by Gasteiger charge is -2.19. The summed E-state index contributed by atoms with van der Waals surface area (Å²) in [6.45, 7) is 1.94. The monoisotopic (exact) mass is 274 g/mol. The molecule has 0 saturated carbocycles. The van der Waals surface area contributed by atoms with E-state index >= 15 is 0 Å². The van der Waals surface area contributed by atoms with Gasteiger partial charge in [0.05, 0.1) is 6.04 Å². The number of nitrogens with one attached hydrogen (secondary N) is 2. The number of carbonyl (C=O) groups is 2. The minimum Gasteiger partial charge on any atom is -0.480 e. The van der Waals surface area contributed by atoms with Crippen LogP contribution in [0.1, 0.15) is 31.4 Å². The second-order valence-corrected chi connectivity index (χ2v) is 4.29. The number of carbonyl (C=O) groups excluding carboxylic acids is 1. The third kappa shape index (κ3) is 4.65. The highest BCUT2D eigenvalue weighted by Gasteiger charge is 2.20. The van der Waals surface area contributed by atoms with E-state index in [1.807, 2.05) is 37.3 Å². The SMILES string of the molecule is C#CCC(NC(=O)NC(CC)c1ccccc1)C(=O)O. The summed E-state index contributed by atoms with van der Waals surface area (Å²) in [5, 5.41) is 14.0. The molecule has 2 unspecified atom stereocenters. The Kier molecular flexibility index (Phi) is 6.11. The summed E-state index contributed by atoms with van der Waals surface area (Å²) in [4.78, 5) is 22.7. The van der Waals surface area contributed by atoms with Crippen LogP contribution >= 0.6 is 0 Å². The van der Waals surface area contributed by atoms with Gasteiger partial charge in [0.1, 0.15) is 6.04 Å². The van der Waals surface area contributed by atoms with Crippen LogP contribution in [0.3, 0.4) is 0 Å². The number of amides is 2. The zero-order valence-electron chi connectivity index (χ0n) is 11.3. The number of carboxylic acid groups (broad SMARTS) is 1. The number of hydrogen-bond donors (Lipinski definition) is 3. The molecule has 0 spiro atoms. The molecule has 0 saturated heterocycles. The number of terminal acetylenes is 1. The molecule has 0 aliphatic heterocycles. The van der Waals surface area contributed by atoms with Crippen molar-refractivity contribution in [3.63, 3.8) is 0 Å². The van der Waals surface area contributed by atoms with Crippen LogP contribution in [0.4, 0.5) is 4.79 Å². The summed E-state index contributed by atoms with van der Waals surface area (Å²) < 4.78 is 0. The number of rotatable bonds is 6. The lowest BCUT2D eigenvalue weighted by molar-refractivity contribution is -0.139. The largest absolute Gasteiger partial charge is 0.480 e. The van der Waals surface area contributed by atoms with Crippen LogP contribution in [-0.2, 0) is 4.79 Å². The van der Waals surface area contributed by atoms with Crippen LogP contribution < -0.4 is 10.6 Å². The maximum atomic E-state index is 11.8. The molecule has 0 aromatic heterocycles. The van der Waals surface area contributed by atoms with Crippen molar-refractivity contribution >= 4 is 12.0 Å². The molecule has 1 aromatic carbocycles. The normalized spacial score (nSPS) is 12.8. The van der Waals surface area contributed by atoms with Crippen molar-refractivity contribution in [1.82, 2.24) is 10.6 Å². The molecule has 3 N–H and O–H groups in total. The van der Waals surface area contributed by atoms with E-state index in [4.69, 9.17) is 11.5 Å². The Hall–Kier alpha value is -2.48. The molecule has 106 valence electrons. The van der Waals surface area contributed by atoms with Crippen molar-refractivity contribution in [3.05, 3.63) is 35.9 Å². The highest BCUT2D eigenvalue weighted by atomic mass is 16.4. The molecule has 0 aliphatic carbocycles. The first-order valence-corrected chi connectivity index (χ1v) is 6.36. The lowest BCUT2D eigenvalue weighted by Crippen LogP contribution is -2.46. The highest BCUT2D eigenvalue weighted by Crippen LogP contribution is 2.15. The van der Waals surface area contributed by atoms with Crippen LogP contribution in [0.2, 0.25) is 0 Å². The zero-order chi connectivity index (χ0) is 15.0. The van der Waals surface area contributed by atoms with E-state index in [9.17, 15) is 9.59 Å². The number of urea groups is 1. The first-order chi connectivity index (χ1) is 9.58. The smallest absolute Gasteiger partial charge is 0.327 e. The van der Waals surface area contributed by atoms with E-state index in [0.717, 1.165) is 5.56 Å². The Bertz CT molecular complexity index is 494. The standard InChI is InChI=1S/C15H18N2O3/c1-3-8-13(14(18)19)17-15(20)16-12(4-2)11-9-6-5-7-10-11/h1,5-7,9-10,12-13H,4,8H2,2H3,(H,18,19)(H2,16,17,20). The first-order valence-electron chi connectivity index (χ1n) is 6.36. The molecule has 0 radical (unpaired) electrons. The van der Waals surface area contributed by atoms with Gasteiger partial charge in [0.2, 0.25) is 0 Å². The first kappa shape index (κ1) is 15.6. The molecule has 20 heavy (non-hydrogen) atoms. The van der Waals surface area contributed by atoms with Crippen molar-refractivity contribution in [2.45, 2.75) is 31.8 Å². The fraction of sp³-hybridized carbons (Fsp3) is 0.333. The molecule has 0 fully saturated rings. The van der Waals surface area contributed by atoms with Crippen LogP contribution in [0.15, 0.2) is 30.3 Å². The second kappa shape index (κ2) is 7.85. The molecule has 2 atom stereocenters. The molecule has 0 bridgehead atoms. The van der Waals surface area contributed by atoms with Gasteiger partial charge in [-0.05, 0) is 12.0 Å². The predicted octanol–water partition coefficient (Wildman–Crippen LogP) is 1.91. The predicted molar refractivity (Wildman–Crippen MR) is 76.0 cm³/mol. The Balaban J connectivity index is 2.64. The minimum atomic E-state index is -1.15. The van der Waals surface area contributed by atoms with Crippen molar-refractivity contribution < 1.29 is 14.7 Å². The summed E-state index contributed by atoms with van der Waals surface area (Å²) in [6, 6.07) is 7.69. The van der Waals surface area contributed by atoms with E-state index in [0.29, 0.717) is 6.42 Å². The number of aliphatic carboxylic acids is 1. The van der Waals surface area contributed by atoms with E-state index in [1.165, 1.54) is 0 Å². The summed E-state index contributed by atoms with van der Waals surface area (Å²) in [6.07, 6.45) is 5.72. The van der Waals surface area contributed by atoms with E-state index in [2.05, 4.69) is 16.6 Å². The Labute approximate surface area is 118 Å².